The fraction of sp³-hybridized carbons (Fsp3) is 0.462. The van der Waals surface area contributed by atoms with Gasteiger partial charge in [0.15, 0.2) is 0 Å². The van der Waals surface area contributed by atoms with Gasteiger partial charge in [-0.25, -0.2) is 0 Å². The fourth-order valence-electron chi connectivity index (χ4n) is 2.35. The Bertz CT molecular complexity index is 476. The summed E-state index contributed by atoms with van der Waals surface area (Å²) in [5.74, 6) is -0.380. The lowest BCUT2D eigenvalue weighted by molar-refractivity contribution is -0.148. The van der Waals surface area contributed by atoms with Crippen molar-refractivity contribution in [1.82, 2.24) is 0 Å². The van der Waals surface area contributed by atoms with E-state index < -0.39 is 0 Å². The van der Waals surface area contributed by atoms with Gasteiger partial charge in [0.1, 0.15) is 0 Å². The van der Waals surface area contributed by atoms with E-state index in [-0.39, 0.29) is 17.9 Å². The SMILES string of the molecule is CCOC(=O)[C@H]1Cc2cc(Cl)c(Cl)cc2[C@@H](N)C1. The summed E-state index contributed by atoms with van der Waals surface area (Å²) in [5.41, 5.74) is 8.04. The quantitative estimate of drug-likeness (QED) is 0.851. The second kappa shape index (κ2) is 5.47. The van der Waals surface area contributed by atoms with Gasteiger partial charge in [0.05, 0.1) is 22.6 Å². The van der Waals surface area contributed by atoms with Crippen LogP contribution in [0.4, 0.5) is 0 Å². The molecule has 0 bridgehead atoms. The van der Waals surface area contributed by atoms with E-state index in [1.54, 1.807) is 19.1 Å². The number of hydrogen-bond donors (Lipinski definition) is 1. The summed E-state index contributed by atoms with van der Waals surface area (Å²) >= 11 is 12.0. The average molecular weight is 288 g/mol. The molecule has 1 aliphatic carbocycles. The first-order valence-corrected chi connectivity index (χ1v) is 6.68. The summed E-state index contributed by atoms with van der Waals surface area (Å²) in [6.45, 7) is 2.18. The van der Waals surface area contributed by atoms with Crippen LogP contribution in [0, 0.1) is 5.92 Å². The van der Waals surface area contributed by atoms with Crippen molar-refractivity contribution in [2.75, 3.05) is 6.61 Å². The Kier molecular flexibility index (Phi) is 4.15. The first-order chi connectivity index (χ1) is 8.52. The topological polar surface area (TPSA) is 52.3 Å². The van der Waals surface area contributed by atoms with Crippen molar-refractivity contribution in [1.29, 1.82) is 0 Å². The van der Waals surface area contributed by atoms with Crippen LogP contribution in [0.25, 0.3) is 0 Å². The Morgan fingerprint density at radius 2 is 2.11 bits per heavy atom. The van der Waals surface area contributed by atoms with Crippen molar-refractivity contribution in [3.8, 4) is 0 Å². The van der Waals surface area contributed by atoms with E-state index in [2.05, 4.69) is 0 Å². The molecule has 0 saturated heterocycles. The molecule has 1 aromatic rings. The van der Waals surface area contributed by atoms with Crippen molar-refractivity contribution in [2.45, 2.75) is 25.8 Å². The molecule has 2 N–H and O–H groups in total. The monoisotopic (exact) mass is 287 g/mol. The van der Waals surface area contributed by atoms with E-state index in [1.807, 2.05) is 0 Å². The van der Waals surface area contributed by atoms with Crippen molar-refractivity contribution in [2.24, 2.45) is 11.7 Å². The Balaban J connectivity index is 2.28. The molecular formula is C13H15Cl2NO2. The third-order valence-corrected chi connectivity index (χ3v) is 3.93. The van der Waals surface area contributed by atoms with Crippen LogP contribution in [-0.4, -0.2) is 12.6 Å². The third-order valence-electron chi connectivity index (χ3n) is 3.21. The van der Waals surface area contributed by atoms with Gasteiger partial charge < -0.3 is 10.5 Å². The Hall–Kier alpha value is -0.770. The Morgan fingerprint density at radius 1 is 1.44 bits per heavy atom. The number of fused-ring (bicyclic) bond motifs is 1. The highest BCUT2D eigenvalue weighted by atomic mass is 35.5. The molecule has 98 valence electrons. The zero-order valence-corrected chi connectivity index (χ0v) is 11.6. The molecule has 1 aromatic carbocycles. The first-order valence-electron chi connectivity index (χ1n) is 5.93. The predicted octanol–water partition coefficient (Wildman–Crippen LogP) is 3.12. The van der Waals surface area contributed by atoms with Crippen molar-refractivity contribution >= 4 is 29.2 Å². The minimum Gasteiger partial charge on any atom is -0.466 e. The van der Waals surface area contributed by atoms with Gasteiger partial charge in [0.2, 0.25) is 0 Å². The minimum absolute atomic E-state index is 0.190. The number of benzene rings is 1. The predicted molar refractivity (Wildman–Crippen MR) is 71.8 cm³/mol. The molecule has 2 atom stereocenters. The van der Waals surface area contributed by atoms with Crippen LogP contribution in [0.1, 0.15) is 30.5 Å². The number of rotatable bonds is 2. The molecule has 0 unspecified atom stereocenters. The first kappa shape index (κ1) is 13.7. The van der Waals surface area contributed by atoms with Crippen LogP contribution in [0.15, 0.2) is 12.1 Å². The molecule has 0 aromatic heterocycles. The lowest BCUT2D eigenvalue weighted by atomic mass is 9.81. The highest BCUT2D eigenvalue weighted by Gasteiger charge is 2.30. The highest BCUT2D eigenvalue weighted by Crippen LogP contribution is 2.36. The highest BCUT2D eigenvalue weighted by molar-refractivity contribution is 6.42. The molecular weight excluding hydrogens is 273 g/mol. The van der Waals surface area contributed by atoms with Gasteiger partial charge in [-0.1, -0.05) is 23.2 Å². The Morgan fingerprint density at radius 3 is 2.78 bits per heavy atom. The fourth-order valence-corrected chi connectivity index (χ4v) is 2.71. The van der Waals surface area contributed by atoms with E-state index in [4.69, 9.17) is 33.7 Å². The summed E-state index contributed by atoms with van der Waals surface area (Å²) in [4.78, 5) is 11.8. The van der Waals surface area contributed by atoms with Gasteiger partial charge in [-0.3, -0.25) is 4.79 Å². The largest absolute Gasteiger partial charge is 0.466 e. The van der Waals surface area contributed by atoms with Gasteiger partial charge in [0.25, 0.3) is 0 Å². The molecule has 0 aliphatic heterocycles. The number of nitrogens with two attached hydrogens (primary N) is 1. The van der Waals surface area contributed by atoms with E-state index in [1.165, 1.54) is 0 Å². The zero-order chi connectivity index (χ0) is 13.3. The number of halogens is 2. The van der Waals surface area contributed by atoms with Crippen LogP contribution in [0.3, 0.4) is 0 Å². The smallest absolute Gasteiger partial charge is 0.309 e. The second-order valence-corrected chi connectivity index (χ2v) is 5.27. The van der Waals surface area contributed by atoms with Crippen molar-refractivity contribution in [3.05, 3.63) is 33.3 Å². The normalized spacial score (nSPS) is 22.4. The third kappa shape index (κ3) is 2.63. The van der Waals surface area contributed by atoms with Crippen LogP contribution in [0.5, 0.6) is 0 Å². The average Bonchev–Trinajstić information content (AvgIpc) is 2.32. The van der Waals surface area contributed by atoms with Crippen LogP contribution in [0.2, 0.25) is 10.0 Å². The number of carbonyl (C=O) groups is 1. The lowest BCUT2D eigenvalue weighted by Crippen LogP contribution is -2.30. The zero-order valence-electron chi connectivity index (χ0n) is 10.1. The maximum absolute atomic E-state index is 11.8. The van der Waals surface area contributed by atoms with E-state index in [0.717, 1.165) is 11.1 Å². The molecule has 0 amide bonds. The van der Waals surface area contributed by atoms with Crippen LogP contribution >= 0.6 is 23.2 Å². The van der Waals surface area contributed by atoms with Gasteiger partial charge in [0, 0.05) is 6.04 Å². The van der Waals surface area contributed by atoms with E-state index in [0.29, 0.717) is 29.5 Å². The van der Waals surface area contributed by atoms with Crippen LogP contribution in [-0.2, 0) is 16.0 Å². The van der Waals surface area contributed by atoms with Gasteiger partial charge in [-0.2, -0.15) is 0 Å². The number of esters is 1. The molecule has 3 nitrogen and oxygen atoms in total. The number of carbonyl (C=O) groups excluding carboxylic acids is 1. The number of hydrogen-bond acceptors (Lipinski definition) is 3. The Labute approximate surface area is 116 Å². The van der Waals surface area contributed by atoms with E-state index >= 15 is 0 Å². The molecule has 18 heavy (non-hydrogen) atoms. The maximum atomic E-state index is 11.8. The van der Waals surface area contributed by atoms with Crippen LogP contribution < -0.4 is 5.73 Å². The standard InChI is InChI=1S/C13H15Cl2NO2/c1-2-18-13(17)8-3-7-4-10(14)11(15)6-9(7)12(16)5-8/h4,6,8,12H,2-3,5,16H2,1H3/t8-,12-/m0/s1. The maximum Gasteiger partial charge on any atom is 0.309 e. The van der Waals surface area contributed by atoms with Gasteiger partial charge >= 0.3 is 5.97 Å². The molecule has 0 heterocycles. The summed E-state index contributed by atoms with van der Waals surface area (Å²) in [6, 6.07) is 3.40. The molecule has 0 fully saturated rings. The summed E-state index contributed by atoms with van der Waals surface area (Å²) in [5, 5.41) is 0.993. The molecule has 5 heteroatoms. The molecule has 1 aliphatic rings. The molecule has 2 rings (SSSR count). The minimum atomic E-state index is -0.196. The van der Waals surface area contributed by atoms with Crippen molar-refractivity contribution < 1.29 is 9.53 Å². The van der Waals surface area contributed by atoms with Gasteiger partial charge in [-0.05, 0) is 43.0 Å². The van der Waals surface area contributed by atoms with Crippen molar-refractivity contribution in [3.63, 3.8) is 0 Å². The molecule has 0 spiro atoms. The summed E-state index contributed by atoms with van der Waals surface area (Å²) in [6.07, 6.45) is 1.20. The van der Waals surface area contributed by atoms with Gasteiger partial charge in [-0.15, -0.1) is 0 Å². The van der Waals surface area contributed by atoms with E-state index in [9.17, 15) is 4.79 Å². The lowest BCUT2D eigenvalue weighted by Gasteiger charge is -2.28. The number of ether oxygens (including phenoxy) is 1. The summed E-state index contributed by atoms with van der Waals surface area (Å²) < 4.78 is 5.05. The summed E-state index contributed by atoms with van der Waals surface area (Å²) in [7, 11) is 0. The molecule has 0 radical (unpaired) electrons. The molecule has 0 saturated carbocycles. The second-order valence-electron chi connectivity index (χ2n) is 4.46.